The maximum atomic E-state index is 13.3. The molecule has 2 amide bonds. The zero-order valence-corrected chi connectivity index (χ0v) is 17.0. The Kier molecular flexibility index (Phi) is 6.17. The SMILES string of the molecule is Cc1ccc(C(=O)N(CC2CC2)c2cccc(C(=O)OC(C)Cl)c2)c(C(N)=O)n1. The van der Waals surface area contributed by atoms with Crippen molar-refractivity contribution in [1.29, 1.82) is 0 Å². The van der Waals surface area contributed by atoms with Gasteiger partial charge in [0.05, 0.1) is 11.1 Å². The van der Waals surface area contributed by atoms with Crippen molar-refractivity contribution in [3.05, 3.63) is 58.9 Å². The highest BCUT2D eigenvalue weighted by Gasteiger charge is 2.30. The molecule has 0 aliphatic heterocycles. The molecule has 1 heterocycles. The number of pyridine rings is 1. The van der Waals surface area contributed by atoms with Gasteiger partial charge in [-0.3, -0.25) is 9.59 Å². The number of esters is 1. The van der Waals surface area contributed by atoms with Gasteiger partial charge < -0.3 is 15.4 Å². The number of primary amides is 1. The van der Waals surface area contributed by atoms with Gasteiger partial charge >= 0.3 is 5.97 Å². The second kappa shape index (κ2) is 8.61. The summed E-state index contributed by atoms with van der Waals surface area (Å²) in [7, 11) is 0. The third kappa shape index (κ3) is 5.12. The van der Waals surface area contributed by atoms with Crippen LogP contribution in [0.3, 0.4) is 0 Å². The lowest BCUT2D eigenvalue weighted by Gasteiger charge is -2.24. The molecule has 0 saturated heterocycles. The van der Waals surface area contributed by atoms with Crippen molar-refractivity contribution in [2.24, 2.45) is 11.7 Å². The predicted octanol–water partition coefficient (Wildman–Crippen LogP) is 3.29. The maximum absolute atomic E-state index is 13.3. The number of hydrogen-bond donors (Lipinski definition) is 1. The van der Waals surface area contributed by atoms with Gasteiger partial charge in [0, 0.05) is 17.9 Å². The minimum Gasteiger partial charge on any atom is -0.443 e. The molecule has 1 fully saturated rings. The number of halogens is 1. The molecule has 29 heavy (non-hydrogen) atoms. The van der Waals surface area contributed by atoms with Gasteiger partial charge in [-0.15, -0.1) is 0 Å². The summed E-state index contributed by atoms with van der Waals surface area (Å²) in [6.07, 6.45) is 2.04. The number of anilines is 1. The molecule has 0 bridgehead atoms. The Morgan fingerprint density at radius 2 is 2.00 bits per heavy atom. The first kappa shape index (κ1) is 20.8. The Morgan fingerprint density at radius 1 is 1.28 bits per heavy atom. The third-order valence-corrected chi connectivity index (χ3v) is 4.63. The van der Waals surface area contributed by atoms with Crippen LogP contribution in [-0.4, -0.2) is 34.9 Å². The van der Waals surface area contributed by atoms with Gasteiger partial charge in [-0.05, 0) is 62.9 Å². The van der Waals surface area contributed by atoms with Gasteiger partial charge in [-0.1, -0.05) is 17.7 Å². The average Bonchev–Trinajstić information content (AvgIpc) is 3.49. The number of benzene rings is 1. The molecule has 7 nitrogen and oxygen atoms in total. The summed E-state index contributed by atoms with van der Waals surface area (Å²) >= 11 is 5.73. The number of hydrogen-bond acceptors (Lipinski definition) is 5. The Morgan fingerprint density at radius 3 is 2.62 bits per heavy atom. The highest BCUT2D eigenvalue weighted by Crippen LogP contribution is 2.32. The lowest BCUT2D eigenvalue weighted by Crippen LogP contribution is -2.35. The standard InChI is InChI=1S/C21H22ClN3O4/c1-12-6-9-17(18(24-12)19(23)26)20(27)25(11-14-7-8-14)16-5-3-4-15(10-16)21(28)29-13(2)22/h3-6,9-10,13-14H,7-8,11H2,1-2H3,(H2,23,26). The van der Waals surface area contributed by atoms with E-state index >= 15 is 0 Å². The molecule has 1 aromatic heterocycles. The molecule has 1 unspecified atom stereocenters. The fraction of sp³-hybridized carbons (Fsp3) is 0.333. The minimum absolute atomic E-state index is 0.0673. The van der Waals surface area contributed by atoms with E-state index in [0.717, 1.165) is 12.8 Å². The Bertz CT molecular complexity index is 957. The van der Waals surface area contributed by atoms with Crippen LogP contribution in [0.4, 0.5) is 5.69 Å². The first-order valence-corrected chi connectivity index (χ1v) is 9.74. The fourth-order valence-corrected chi connectivity index (χ4v) is 3.02. The van der Waals surface area contributed by atoms with E-state index in [9.17, 15) is 14.4 Å². The second-order valence-corrected chi connectivity index (χ2v) is 7.69. The molecule has 2 N–H and O–H groups in total. The lowest BCUT2D eigenvalue weighted by molar-refractivity contribution is 0.0472. The number of nitrogens with zero attached hydrogens (tertiary/aromatic N) is 2. The zero-order chi connectivity index (χ0) is 21.1. The van der Waals surface area contributed by atoms with Crippen molar-refractivity contribution < 1.29 is 19.1 Å². The van der Waals surface area contributed by atoms with E-state index in [1.807, 2.05) is 0 Å². The Hall–Kier alpha value is -2.93. The van der Waals surface area contributed by atoms with Gasteiger partial charge in [0.1, 0.15) is 5.69 Å². The smallest absolute Gasteiger partial charge is 0.339 e. The number of aromatic nitrogens is 1. The number of carbonyl (C=O) groups is 3. The van der Waals surface area contributed by atoms with E-state index in [1.54, 1.807) is 55.1 Å². The number of rotatable bonds is 7. The molecule has 2 aromatic rings. The van der Waals surface area contributed by atoms with Crippen molar-refractivity contribution in [1.82, 2.24) is 4.98 Å². The summed E-state index contributed by atoms with van der Waals surface area (Å²) in [6, 6.07) is 9.77. The first-order chi connectivity index (χ1) is 13.8. The van der Waals surface area contributed by atoms with Crippen molar-refractivity contribution in [3.8, 4) is 0 Å². The highest BCUT2D eigenvalue weighted by molar-refractivity contribution is 6.20. The van der Waals surface area contributed by atoms with Gasteiger partial charge in [-0.2, -0.15) is 0 Å². The summed E-state index contributed by atoms with van der Waals surface area (Å²) in [6.45, 7) is 3.73. The minimum atomic E-state index is -0.771. The summed E-state index contributed by atoms with van der Waals surface area (Å²) in [4.78, 5) is 43.1. The topological polar surface area (TPSA) is 103 Å². The molecule has 1 aromatic carbocycles. The summed E-state index contributed by atoms with van der Waals surface area (Å²) in [5, 5.41) is 0. The molecule has 0 radical (unpaired) electrons. The number of alkyl halides is 1. The normalized spacial score (nSPS) is 14.2. The molecule has 1 aliphatic carbocycles. The molecular weight excluding hydrogens is 394 g/mol. The van der Waals surface area contributed by atoms with Crippen LogP contribution in [0.2, 0.25) is 0 Å². The van der Waals surface area contributed by atoms with Crippen molar-refractivity contribution in [2.45, 2.75) is 32.3 Å². The summed E-state index contributed by atoms with van der Waals surface area (Å²) < 4.78 is 5.03. The Labute approximate surface area is 173 Å². The number of nitrogens with two attached hydrogens (primary N) is 1. The highest BCUT2D eigenvalue weighted by atomic mass is 35.5. The largest absolute Gasteiger partial charge is 0.443 e. The third-order valence-electron chi connectivity index (χ3n) is 4.54. The van der Waals surface area contributed by atoms with Crippen LogP contribution >= 0.6 is 11.6 Å². The number of amides is 2. The summed E-state index contributed by atoms with van der Waals surface area (Å²) in [5.41, 5.74) is 6.12. The van der Waals surface area contributed by atoms with Gasteiger partial charge in [-0.25, -0.2) is 9.78 Å². The molecular formula is C21H22ClN3O4. The van der Waals surface area contributed by atoms with Crippen LogP contribution in [0.15, 0.2) is 36.4 Å². The van der Waals surface area contributed by atoms with Gasteiger partial charge in [0.2, 0.25) is 0 Å². The molecule has 152 valence electrons. The molecule has 8 heteroatoms. The lowest BCUT2D eigenvalue weighted by atomic mass is 10.1. The van der Waals surface area contributed by atoms with E-state index in [4.69, 9.17) is 22.1 Å². The van der Waals surface area contributed by atoms with Crippen molar-refractivity contribution in [3.63, 3.8) is 0 Å². The predicted molar refractivity (Wildman–Crippen MR) is 109 cm³/mol. The van der Waals surface area contributed by atoms with Crippen molar-refractivity contribution >= 4 is 35.1 Å². The van der Waals surface area contributed by atoms with E-state index in [-0.39, 0.29) is 16.8 Å². The van der Waals surface area contributed by atoms with Crippen LogP contribution in [0.25, 0.3) is 0 Å². The second-order valence-electron chi connectivity index (χ2n) is 7.07. The van der Waals surface area contributed by atoms with Crippen LogP contribution in [0.5, 0.6) is 0 Å². The zero-order valence-electron chi connectivity index (χ0n) is 16.2. The quantitative estimate of drug-likeness (QED) is 0.552. The van der Waals surface area contributed by atoms with Crippen LogP contribution < -0.4 is 10.6 Å². The van der Waals surface area contributed by atoms with E-state index in [2.05, 4.69) is 4.98 Å². The Balaban J connectivity index is 1.98. The molecule has 1 aliphatic rings. The molecule has 1 atom stereocenters. The fourth-order valence-electron chi connectivity index (χ4n) is 2.94. The van der Waals surface area contributed by atoms with Crippen molar-refractivity contribution in [2.75, 3.05) is 11.4 Å². The van der Waals surface area contributed by atoms with Crippen LogP contribution in [0, 0.1) is 12.8 Å². The van der Waals surface area contributed by atoms with Gasteiger partial charge in [0.15, 0.2) is 5.56 Å². The average molecular weight is 416 g/mol. The monoisotopic (exact) mass is 415 g/mol. The molecule has 3 rings (SSSR count). The van der Waals surface area contributed by atoms with E-state index in [1.165, 1.54) is 0 Å². The van der Waals surface area contributed by atoms with E-state index in [0.29, 0.717) is 23.8 Å². The molecule has 0 spiro atoms. The number of carbonyl (C=O) groups excluding carboxylic acids is 3. The molecule has 1 saturated carbocycles. The van der Waals surface area contributed by atoms with E-state index < -0.39 is 23.3 Å². The van der Waals surface area contributed by atoms with Crippen LogP contribution in [-0.2, 0) is 4.74 Å². The number of aryl methyl sites for hydroxylation is 1. The number of ether oxygens (including phenoxy) is 1. The summed E-state index contributed by atoms with van der Waals surface area (Å²) in [5.74, 6) is -1.37. The van der Waals surface area contributed by atoms with Crippen LogP contribution in [0.1, 0.15) is 56.7 Å². The van der Waals surface area contributed by atoms with Gasteiger partial charge in [0.25, 0.3) is 11.8 Å². The first-order valence-electron chi connectivity index (χ1n) is 9.30. The maximum Gasteiger partial charge on any atom is 0.339 e.